The Kier molecular flexibility index (Phi) is 7.57. The van der Waals surface area contributed by atoms with Crippen LogP contribution in [0.15, 0.2) is 57.4 Å². The van der Waals surface area contributed by atoms with Crippen molar-refractivity contribution in [2.24, 2.45) is 0 Å². The first-order valence-electron chi connectivity index (χ1n) is 9.96. The van der Waals surface area contributed by atoms with Crippen LogP contribution in [-0.2, 0) is 17.8 Å². The van der Waals surface area contributed by atoms with Crippen molar-refractivity contribution in [1.29, 1.82) is 0 Å². The molecular weight excluding hydrogens is 466 g/mol. The second kappa shape index (κ2) is 10.8. The van der Waals surface area contributed by atoms with Gasteiger partial charge in [-0.15, -0.1) is 0 Å². The fourth-order valence-electron chi connectivity index (χ4n) is 3.20. The van der Waals surface area contributed by atoms with Gasteiger partial charge in [-0.05, 0) is 30.3 Å². The molecule has 1 unspecified atom stereocenters. The molecule has 0 aliphatic carbocycles. The highest BCUT2D eigenvalue weighted by Gasteiger charge is 2.18. The highest BCUT2D eigenvalue weighted by atomic mass is 32.2. The minimum atomic E-state index is -2.27. The molecule has 1 atom stereocenters. The van der Waals surface area contributed by atoms with E-state index in [9.17, 15) is 8.76 Å². The number of nitrogens with two attached hydrogens (primary N) is 1. The van der Waals surface area contributed by atoms with Crippen molar-refractivity contribution >= 4 is 40.0 Å². The third-order valence-corrected chi connectivity index (χ3v) is 6.23. The number of rotatable bonds is 11. The van der Waals surface area contributed by atoms with Crippen LogP contribution in [0.2, 0.25) is 0 Å². The largest absolute Gasteiger partial charge is 0.760 e. The van der Waals surface area contributed by atoms with Crippen molar-refractivity contribution in [1.82, 2.24) is 29.6 Å². The van der Waals surface area contributed by atoms with Gasteiger partial charge in [0.05, 0.1) is 13.4 Å². The highest BCUT2D eigenvalue weighted by Crippen LogP contribution is 2.39. The third-order valence-electron chi connectivity index (χ3n) is 4.74. The SMILES string of the molecule is COc1ccc(-c2ccco2)c(Sc2nc3c(N)ncnc3n2CCNCCNS(=O)[O-])c1. The van der Waals surface area contributed by atoms with Crippen molar-refractivity contribution in [3.8, 4) is 17.1 Å². The van der Waals surface area contributed by atoms with Gasteiger partial charge in [0.15, 0.2) is 22.1 Å². The quantitative estimate of drug-likeness (QED) is 0.210. The van der Waals surface area contributed by atoms with Gasteiger partial charge in [-0.2, -0.15) is 0 Å². The normalized spacial score (nSPS) is 12.3. The summed E-state index contributed by atoms with van der Waals surface area (Å²) in [7, 11) is 1.62. The maximum absolute atomic E-state index is 10.6. The molecule has 0 bridgehead atoms. The second-order valence-electron chi connectivity index (χ2n) is 6.80. The van der Waals surface area contributed by atoms with Gasteiger partial charge in [0.25, 0.3) is 0 Å². The molecule has 11 nitrogen and oxygen atoms in total. The third kappa shape index (κ3) is 5.51. The first-order chi connectivity index (χ1) is 16.1. The van der Waals surface area contributed by atoms with Crippen LogP contribution >= 0.6 is 11.8 Å². The molecule has 0 spiro atoms. The molecule has 0 saturated heterocycles. The zero-order valence-electron chi connectivity index (χ0n) is 17.7. The maximum atomic E-state index is 10.6. The number of hydrogen-bond acceptors (Lipinski definition) is 10. The van der Waals surface area contributed by atoms with Gasteiger partial charge in [0.1, 0.15) is 17.8 Å². The predicted octanol–water partition coefficient (Wildman–Crippen LogP) is 1.80. The van der Waals surface area contributed by atoms with Crippen LogP contribution in [-0.4, -0.2) is 55.0 Å². The molecule has 0 fully saturated rings. The zero-order chi connectivity index (χ0) is 23.2. The van der Waals surface area contributed by atoms with E-state index in [1.165, 1.54) is 18.1 Å². The van der Waals surface area contributed by atoms with Crippen molar-refractivity contribution in [2.75, 3.05) is 32.5 Å². The number of benzene rings is 1. The number of imidazole rings is 1. The molecule has 0 aliphatic rings. The summed E-state index contributed by atoms with van der Waals surface area (Å²) in [6.45, 7) is 1.89. The molecule has 174 valence electrons. The van der Waals surface area contributed by atoms with Crippen LogP contribution in [0, 0.1) is 0 Å². The van der Waals surface area contributed by atoms with Gasteiger partial charge in [0.2, 0.25) is 0 Å². The summed E-state index contributed by atoms with van der Waals surface area (Å²) in [5.41, 5.74) is 8.09. The van der Waals surface area contributed by atoms with Gasteiger partial charge in [-0.1, -0.05) is 11.8 Å². The number of furan rings is 1. The number of nitrogens with one attached hydrogen (secondary N) is 2. The first kappa shape index (κ1) is 23.2. The van der Waals surface area contributed by atoms with Gasteiger partial charge < -0.3 is 29.3 Å². The summed E-state index contributed by atoms with van der Waals surface area (Å²) in [6.07, 6.45) is 3.04. The molecule has 0 saturated carbocycles. The predicted molar refractivity (Wildman–Crippen MR) is 124 cm³/mol. The first-order valence-corrected chi connectivity index (χ1v) is 11.9. The summed E-state index contributed by atoms with van der Waals surface area (Å²) in [6, 6.07) is 9.47. The molecule has 3 heterocycles. The van der Waals surface area contributed by atoms with E-state index in [0.717, 1.165) is 16.2 Å². The molecule has 3 aromatic heterocycles. The second-order valence-corrected chi connectivity index (χ2v) is 8.56. The highest BCUT2D eigenvalue weighted by molar-refractivity contribution is 7.99. The van der Waals surface area contributed by atoms with Gasteiger partial charge in [-0.25, -0.2) is 19.7 Å². The van der Waals surface area contributed by atoms with Crippen LogP contribution in [0.4, 0.5) is 5.82 Å². The Hall–Kier alpha value is -2.97. The number of methoxy groups -OCH3 is 1. The van der Waals surface area contributed by atoms with E-state index >= 15 is 0 Å². The minimum absolute atomic E-state index is 0.299. The van der Waals surface area contributed by atoms with Crippen molar-refractivity contribution in [2.45, 2.75) is 16.6 Å². The monoisotopic (exact) mass is 488 g/mol. The lowest BCUT2D eigenvalue weighted by Crippen LogP contribution is -2.30. The average Bonchev–Trinajstić information content (AvgIpc) is 3.45. The molecule has 0 radical (unpaired) electrons. The Morgan fingerprint density at radius 3 is 2.91 bits per heavy atom. The van der Waals surface area contributed by atoms with Crippen molar-refractivity contribution < 1.29 is 17.9 Å². The molecule has 33 heavy (non-hydrogen) atoms. The molecule has 0 amide bonds. The summed E-state index contributed by atoms with van der Waals surface area (Å²) < 4.78 is 36.5. The summed E-state index contributed by atoms with van der Waals surface area (Å²) >= 11 is -0.831. The fourth-order valence-corrected chi connectivity index (χ4v) is 4.54. The summed E-state index contributed by atoms with van der Waals surface area (Å²) in [5, 5.41) is 3.88. The lowest BCUT2D eigenvalue weighted by atomic mass is 10.1. The number of nitrogen functional groups attached to an aromatic ring is 1. The lowest BCUT2D eigenvalue weighted by Gasteiger charge is -2.12. The minimum Gasteiger partial charge on any atom is -0.760 e. The van der Waals surface area contributed by atoms with E-state index in [1.54, 1.807) is 13.4 Å². The average molecular weight is 489 g/mol. The van der Waals surface area contributed by atoms with E-state index in [2.05, 4.69) is 20.0 Å². The van der Waals surface area contributed by atoms with Crippen LogP contribution < -0.4 is 20.5 Å². The molecule has 4 N–H and O–H groups in total. The Morgan fingerprint density at radius 1 is 1.27 bits per heavy atom. The Morgan fingerprint density at radius 2 is 2.15 bits per heavy atom. The van der Waals surface area contributed by atoms with E-state index in [-0.39, 0.29) is 0 Å². The number of nitrogens with zero attached hydrogens (tertiary/aromatic N) is 4. The van der Waals surface area contributed by atoms with E-state index in [4.69, 9.17) is 19.9 Å². The zero-order valence-corrected chi connectivity index (χ0v) is 19.3. The number of fused-ring (bicyclic) bond motifs is 1. The van der Waals surface area contributed by atoms with Crippen LogP contribution in [0.3, 0.4) is 0 Å². The molecule has 0 aliphatic heterocycles. The standard InChI is InChI=1S/C20H23N7O4S2/c1-30-13-4-5-14(15-3-2-10-31-15)16(11-13)32-20-26-17-18(21)23-12-24-19(17)27(20)9-8-22-6-7-25-33(28)29/h2-5,10-12,22,25H,6-9H2,1H3,(H,28,29)(H2,21,23,24)/p-1. The van der Waals surface area contributed by atoms with Gasteiger partial charge in [-0.3, -0.25) is 4.21 Å². The number of hydrogen-bond donors (Lipinski definition) is 3. The summed E-state index contributed by atoms with van der Waals surface area (Å²) in [5.74, 6) is 1.74. The molecule has 1 aromatic carbocycles. The van der Waals surface area contributed by atoms with Crippen molar-refractivity contribution in [3.63, 3.8) is 0 Å². The Bertz CT molecular complexity index is 1250. The van der Waals surface area contributed by atoms with E-state index < -0.39 is 11.3 Å². The molecular formula is C20H22N7O4S2-. The van der Waals surface area contributed by atoms with E-state index in [0.29, 0.717) is 54.1 Å². The maximum Gasteiger partial charge on any atom is 0.175 e. The Balaban J connectivity index is 1.63. The topological polar surface area (TPSA) is 156 Å². The number of anilines is 1. The lowest BCUT2D eigenvalue weighted by molar-refractivity contribution is 0.413. The van der Waals surface area contributed by atoms with E-state index in [1.807, 2.05) is 34.9 Å². The number of ether oxygens (including phenoxy) is 1. The Labute approximate surface area is 196 Å². The fraction of sp³-hybridized carbons (Fsp3) is 0.250. The molecule has 13 heteroatoms. The smallest absolute Gasteiger partial charge is 0.175 e. The summed E-state index contributed by atoms with van der Waals surface area (Å²) in [4.78, 5) is 14.0. The molecule has 4 aromatic rings. The number of aromatic nitrogens is 4. The van der Waals surface area contributed by atoms with Crippen LogP contribution in [0.25, 0.3) is 22.5 Å². The van der Waals surface area contributed by atoms with Crippen LogP contribution in [0.5, 0.6) is 5.75 Å². The van der Waals surface area contributed by atoms with Crippen LogP contribution in [0.1, 0.15) is 0 Å². The van der Waals surface area contributed by atoms with Crippen molar-refractivity contribution in [3.05, 3.63) is 42.9 Å². The molecule has 4 rings (SSSR count). The van der Waals surface area contributed by atoms with Gasteiger partial charge >= 0.3 is 0 Å². The van der Waals surface area contributed by atoms with Gasteiger partial charge in [0, 0.05) is 47.9 Å².